The Morgan fingerprint density at radius 3 is 2.34 bits per heavy atom. The molecule has 1 N–H and O–H groups in total. The van der Waals surface area contributed by atoms with Crippen molar-refractivity contribution in [2.75, 3.05) is 0 Å². The third kappa shape index (κ3) is 7.00. The molecular formula is C35H56O6. The van der Waals surface area contributed by atoms with Crippen LogP contribution < -0.4 is 0 Å². The molecule has 6 heteroatoms. The lowest BCUT2D eigenvalue weighted by molar-refractivity contribution is -0.164. The number of ether oxygens (including phenoxy) is 2. The van der Waals surface area contributed by atoms with Gasteiger partial charge in [-0.3, -0.25) is 9.59 Å². The van der Waals surface area contributed by atoms with Gasteiger partial charge in [-0.1, -0.05) is 64.7 Å². The van der Waals surface area contributed by atoms with E-state index in [1.54, 1.807) is 0 Å². The van der Waals surface area contributed by atoms with Crippen molar-refractivity contribution in [3.63, 3.8) is 0 Å². The lowest BCUT2D eigenvalue weighted by atomic mass is 9.43. The second kappa shape index (κ2) is 13.1. The third-order valence-corrected chi connectivity index (χ3v) is 11.1. The van der Waals surface area contributed by atoms with Crippen molar-refractivity contribution in [2.45, 2.75) is 138 Å². The molecule has 3 aliphatic rings. The summed E-state index contributed by atoms with van der Waals surface area (Å²) in [4.78, 5) is 36.8. The Morgan fingerprint density at radius 2 is 1.78 bits per heavy atom. The fraction of sp³-hybridized carbons (Fsp3) is 0.800. The number of rotatable bonds is 11. The monoisotopic (exact) mass is 572 g/mol. The largest absolute Gasteiger partial charge is 0.462 e. The maximum atomic E-state index is 13.2. The fourth-order valence-electron chi connectivity index (χ4n) is 9.12. The highest BCUT2D eigenvalue weighted by atomic mass is 16.5. The highest BCUT2D eigenvalue weighted by Crippen LogP contribution is 2.65. The first kappa shape index (κ1) is 33.6. The molecule has 0 aromatic heterocycles. The third-order valence-electron chi connectivity index (χ3n) is 11.1. The van der Waals surface area contributed by atoms with Crippen molar-refractivity contribution in [2.24, 2.45) is 39.9 Å². The molecule has 0 spiro atoms. The van der Waals surface area contributed by atoms with Crippen molar-refractivity contribution in [1.82, 2.24) is 0 Å². The molecule has 0 bridgehead atoms. The molecule has 0 aromatic carbocycles. The normalized spacial score (nSPS) is 34.5. The van der Waals surface area contributed by atoms with Crippen molar-refractivity contribution in [3.05, 3.63) is 23.3 Å². The molecule has 2 fully saturated rings. The molecule has 232 valence electrons. The van der Waals surface area contributed by atoms with E-state index >= 15 is 0 Å². The van der Waals surface area contributed by atoms with Gasteiger partial charge in [-0.05, 0) is 88.0 Å². The second-order valence-corrected chi connectivity index (χ2v) is 14.6. The Labute approximate surface area is 248 Å². The smallest absolute Gasteiger partial charge is 0.303 e. The van der Waals surface area contributed by atoms with Crippen molar-refractivity contribution in [3.8, 4) is 0 Å². The summed E-state index contributed by atoms with van der Waals surface area (Å²) in [6.07, 6.45) is 12.2. The SMILES string of the molecule is CC[C@H](CC[C@]1(C)CCC[C@@]2(C=O)[C@@H]3CC[C@H](OC(C)=O)C(C)(C)C3=C[C@H](O)[C@@H]12)[C@H](C)C[C@H](C=C(C)C)OC(C)=O. The number of allylic oxidation sites excluding steroid dienone is 1. The van der Waals surface area contributed by atoms with Crippen LogP contribution in [0.25, 0.3) is 0 Å². The van der Waals surface area contributed by atoms with E-state index in [1.165, 1.54) is 20.1 Å². The molecule has 9 atom stereocenters. The molecule has 0 unspecified atom stereocenters. The Balaban J connectivity index is 1.86. The van der Waals surface area contributed by atoms with Crippen LogP contribution in [0.1, 0.15) is 120 Å². The maximum Gasteiger partial charge on any atom is 0.303 e. The first-order valence-electron chi connectivity index (χ1n) is 16.0. The van der Waals surface area contributed by atoms with E-state index in [0.717, 1.165) is 68.9 Å². The highest BCUT2D eigenvalue weighted by Gasteiger charge is 2.62. The summed E-state index contributed by atoms with van der Waals surface area (Å²) in [5.74, 6) is 0.201. The minimum atomic E-state index is -0.712. The summed E-state index contributed by atoms with van der Waals surface area (Å²) in [6, 6.07) is 0. The first-order valence-corrected chi connectivity index (χ1v) is 16.0. The van der Waals surface area contributed by atoms with Gasteiger partial charge in [0.15, 0.2) is 0 Å². The van der Waals surface area contributed by atoms with Crippen LogP contribution in [0, 0.1) is 39.9 Å². The molecule has 0 radical (unpaired) electrons. The topological polar surface area (TPSA) is 89.9 Å². The van der Waals surface area contributed by atoms with Crippen molar-refractivity contribution >= 4 is 18.2 Å². The van der Waals surface area contributed by atoms with Gasteiger partial charge in [0.1, 0.15) is 18.5 Å². The van der Waals surface area contributed by atoms with Crippen LogP contribution in [0.2, 0.25) is 0 Å². The number of hydrogen-bond donors (Lipinski definition) is 1. The predicted octanol–water partition coefficient (Wildman–Crippen LogP) is 7.38. The second-order valence-electron chi connectivity index (χ2n) is 14.6. The van der Waals surface area contributed by atoms with Crippen LogP contribution >= 0.6 is 0 Å². The molecule has 0 aliphatic heterocycles. The van der Waals surface area contributed by atoms with Crippen molar-refractivity contribution in [1.29, 1.82) is 0 Å². The molecule has 3 rings (SSSR count). The van der Waals surface area contributed by atoms with Crippen LogP contribution in [0.5, 0.6) is 0 Å². The quantitative estimate of drug-likeness (QED) is 0.158. The van der Waals surface area contributed by atoms with Crippen LogP contribution in [-0.4, -0.2) is 41.6 Å². The van der Waals surface area contributed by atoms with Gasteiger partial charge in [0.2, 0.25) is 0 Å². The number of aliphatic hydroxyl groups is 1. The standard InChI is InChI=1S/C35H56O6/c1-10-26(23(4)19-27(18-22(2)3)40-24(5)37)14-17-34(9)15-11-16-35(21-36)28-12-13-31(41-25(6)38)33(7,8)29(28)20-30(39)32(34)35/h18,20-21,23,26-28,30-32,39H,10-17,19H2,1-9H3/t23-,26-,27+,28-,30+,31+,32+,34+,35-/m1/s1. The molecule has 41 heavy (non-hydrogen) atoms. The Kier molecular flexibility index (Phi) is 10.8. The van der Waals surface area contributed by atoms with E-state index < -0.39 is 16.9 Å². The van der Waals surface area contributed by atoms with E-state index in [4.69, 9.17) is 9.47 Å². The van der Waals surface area contributed by atoms with Gasteiger partial charge in [0, 0.05) is 30.6 Å². The lowest BCUT2D eigenvalue weighted by Crippen LogP contribution is -2.60. The van der Waals surface area contributed by atoms with Gasteiger partial charge >= 0.3 is 11.9 Å². The number of carbonyl (C=O) groups excluding carboxylic acids is 3. The number of aliphatic hydroxyl groups excluding tert-OH is 1. The number of aldehydes is 1. The fourth-order valence-corrected chi connectivity index (χ4v) is 9.12. The average Bonchev–Trinajstić information content (AvgIpc) is 2.85. The van der Waals surface area contributed by atoms with Crippen LogP contribution in [0.15, 0.2) is 23.3 Å². The summed E-state index contributed by atoms with van der Waals surface area (Å²) in [5, 5.41) is 11.8. The zero-order valence-corrected chi connectivity index (χ0v) is 27.1. The maximum absolute atomic E-state index is 13.2. The van der Waals surface area contributed by atoms with Gasteiger partial charge in [0.25, 0.3) is 0 Å². The van der Waals surface area contributed by atoms with Gasteiger partial charge in [-0.25, -0.2) is 0 Å². The lowest BCUT2D eigenvalue weighted by Gasteiger charge is -2.61. The summed E-state index contributed by atoms with van der Waals surface area (Å²) in [6.45, 7) is 18.0. The summed E-state index contributed by atoms with van der Waals surface area (Å²) >= 11 is 0. The molecule has 6 nitrogen and oxygen atoms in total. The van der Waals surface area contributed by atoms with Gasteiger partial charge in [-0.2, -0.15) is 0 Å². The molecule has 0 heterocycles. The minimum Gasteiger partial charge on any atom is -0.462 e. The Morgan fingerprint density at radius 1 is 1.10 bits per heavy atom. The molecule has 3 aliphatic carbocycles. The number of fused-ring (bicyclic) bond motifs is 3. The van der Waals surface area contributed by atoms with Crippen LogP contribution in [-0.2, 0) is 23.9 Å². The number of hydrogen-bond acceptors (Lipinski definition) is 6. The summed E-state index contributed by atoms with van der Waals surface area (Å²) in [5.41, 5.74) is 1.02. The van der Waals surface area contributed by atoms with E-state index in [2.05, 4.69) is 34.6 Å². The van der Waals surface area contributed by atoms with Crippen LogP contribution in [0.3, 0.4) is 0 Å². The van der Waals surface area contributed by atoms with E-state index in [9.17, 15) is 19.5 Å². The Hall–Kier alpha value is -1.95. The number of esters is 2. The van der Waals surface area contributed by atoms with Crippen LogP contribution in [0.4, 0.5) is 0 Å². The average molecular weight is 573 g/mol. The minimum absolute atomic E-state index is 0.0595. The predicted molar refractivity (Wildman–Crippen MR) is 162 cm³/mol. The van der Waals surface area contributed by atoms with Gasteiger partial charge in [-0.15, -0.1) is 0 Å². The zero-order valence-electron chi connectivity index (χ0n) is 27.1. The van der Waals surface area contributed by atoms with Crippen molar-refractivity contribution < 1.29 is 29.0 Å². The van der Waals surface area contributed by atoms with E-state index in [0.29, 0.717) is 11.8 Å². The summed E-state index contributed by atoms with van der Waals surface area (Å²) < 4.78 is 11.4. The molecule has 0 saturated heterocycles. The zero-order chi connectivity index (χ0) is 30.8. The molecular weight excluding hydrogens is 516 g/mol. The summed E-state index contributed by atoms with van der Waals surface area (Å²) in [7, 11) is 0. The first-order chi connectivity index (χ1) is 19.1. The van der Waals surface area contributed by atoms with Gasteiger partial charge < -0.3 is 19.4 Å². The molecule has 0 aromatic rings. The highest BCUT2D eigenvalue weighted by molar-refractivity contribution is 5.67. The molecule has 2 saturated carbocycles. The molecule has 0 amide bonds. The van der Waals surface area contributed by atoms with Gasteiger partial charge in [0.05, 0.1) is 6.10 Å². The van der Waals surface area contributed by atoms with E-state index in [1.807, 2.05) is 26.0 Å². The van der Waals surface area contributed by atoms with E-state index in [-0.39, 0.29) is 41.4 Å². The Bertz CT molecular complexity index is 1020. The number of carbonyl (C=O) groups is 3.